The summed E-state index contributed by atoms with van der Waals surface area (Å²) >= 11 is 0. The Labute approximate surface area is 182 Å². The molecule has 0 aromatic heterocycles. The molecule has 10 heteroatoms. The van der Waals surface area contributed by atoms with Crippen molar-refractivity contribution in [2.24, 2.45) is 0 Å². The molecule has 0 unspecified atom stereocenters. The molecule has 0 saturated heterocycles. The summed E-state index contributed by atoms with van der Waals surface area (Å²) in [6.07, 6.45) is 0.188. The molecule has 4 amide bonds. The Morgan fingerprint density at radius 1 is 1.25 bits per heavy atom. The predicted molar refractivity (Wildman–Crippen MR) is 109 cm³/mol. The third kappa shape index (κ3) is 4.95. The minimum absolute atomic E-state index is 0.0464. The summed E-state index contributed by atoms with van der Waals surface area (Å²) in [5.74, 6) is 3.45. The Morgan fingerprint density at radius 2 is 2.03 bits per heavy atom. The Morgan fingerprint density at radius 3 is 2.72 bits per heavy atom. The number of nitrogens with one attached hydrogen (secondary N) is 2. The van der Waals surface area contributed by atoms with Crippen LogP contribution >= 0.6 is 0 Å². The molecular weight excluding hydrogens is 424 g/mol. The molecule has 0 saturated carbocycles. The first-order valence-corrected chi connectivity index (χ1v) is 9.37. The van der Waals surface area contributed by atoms with Crippen molar-refractivity contribution < 1.29 is 32.6 Å². The van der Waals surface area contributed by atoms with Gasteiger partial charge in [-0.15, -0.1) is 0 Å². The first-order chi connectivity index (χ1) is 15.4. The molecule has 2 aromatic rings. The van der Waals surface area contributed by atoms with Crippen molar-refractivity contribution >= 4 is 18.3 Å². The largest absolute Gasteiger partial charge is 0.497 e. The second kappa shape index (κ2) is 9.78. The van der Waals surface area contributed by atoms with Crippen molar-refractivity contribution in [3.8, 4) is 23.3 Å². The smallest absolute Gasteiger partial charge is 0.322 e. The van der Waals surface area contributed by atoms with Crippen molar-refractivity contribution in [1.82, 2.24) is 15.5 Å². The number of benzene rings is 2. The van der Waals surface area contributed by atoms with E-state index in [0.717, 1.165) is 11.6 Å². The molecule has 32 heavy (non-hydrogen) atoms. The molecule has 1 atom stereocenters. The zero-order valence-electron chi connectivity index (χ0n) is 17.2. The average Bonchev–Trinajstić information content (AvgIpc) is 3.06. The van der Waals surface area contributed by atoms with Gasteiger partial charge >= 0.3 is 6.03 Å². The number of urea groups is 1. The van der Waals surface area contributed by atoms with E-state index in [1.165, 1.54) is 19.1 Å². The van der Waals surface area contributed by atoms with Crippen LogP contribution in [0.25, 0.3) is 0 Å². The summed E-state index contributed by atoms with van der Waals surface area (Å²) < 4.78 is 37.6. The quantitative estimate of drug-likeness (QED) is 0.525. The van der Waals surface area contributed by atoms with Crippen LogP contribution in [-0.4, -0.2) is 50.1 Å². The fourth-order valence-electron chi connectivity index (χ4n) is 3.24. The van der Waals surface area contributed by atoms with E-state index in [2.05, 4.69) is 17.2 Å². The van der Waals surface area contributed by atoms with Crippen LogP contribution in [-0.2, 0) is 11.3 Å². The highest BCUT2D eigenvalue weighted by atomic mass is 19.1. The van der Waals surface area contributed by atoms with Crippen LogP contribution in [0.5, 0.6) is 11.5 Å². The monoisotopic (exact) mass is 443 g/mol. The van der Waals surface area contributed by atoms with Crippen molar-refractivity contribution in [3.05, 3.63) is 58.7 Å². The van der Waals surface area contributed by atoms with Crippen LogP contribution in [0.3, 0.4) is 0 Å². The first kappa shape index (κ1) is 22.6. The Balaban J connectivity index is 1.87. The number of ether oxygens (including phenoxy) is 2. The van der Waals surface area contributed by atoms with Crippen molar-refractivity contribution in [2.75, 3.05) is 20.8 Å². The van der Waals surface area contributed by atoms with Crippen molar-refractivity contribution in [1.29, 1.82) is 0 Å². The zero-order valence-corrected chi connectivity index (χ0v) is 17.2. The van der Waals surface area contributed by atoms with Gasteiger partial charge in [-0.2, -0.15) is 0 Å². The van der Waals surface area contributed by atoms with Gasteiger partial charge in [-0.1, -0.05) is 17.9 Å². The van der Waals surface area contributed by atoms with Crippen LogP contribution in [0.4, 0.5) is 13.6 Å². The molecule has 2 N–H and O–H groups in total. The zero-order chi connectivity index (χ0) is 23.3. The molecule has 1 aliphatic rings. The number of hydrogen-bond acceptors (Lipinski definition) is 5. The lowest BCUT2D eigenvalue weighted by Gasteiger charge is -2.21. The standard InChI is InChI=1S/C22H19F2N3O5/c1-31-17-6-4-14-10-27(21(29)18(14)9-17)11-16(26-22(30)25-12-28)5-3-13-7-15(23)8-19(24)20(13)32-2/h4,6-9,12,16H,10-11H2,1-2H3,(H2,25,26,28,30)/t16-/m1/s1. The Bertz CT molecular complexity index is 1130. The van der Waals surface area contributed by atoms with Crippen LogP contribution in [0, 0.1) is 23.5 Å². The summed E-state index contributed by atoms with van der Waals surface area (Å²) in [5.41, 5.74) is 1.16. The molecule has 1 aliphatic heterocycles. The van der Waals surface area contributed by atoms with Gasteiger partial charge in [0.25, 0.3) is 5.91 Å². The molecule has 8 nitrogen and oxygen atoms in total. The van der Waals surface area contributed by atoms with Gasteiger partial charge in [0.15, 0.2) is 11.6 Å². The first-order valence-electron chi connectivity index (χ1n) is 9.37. The topological polar surface area (TPSA) is 97.0 Å². The second-order valence-corrected chi connectivity index (χ2v) is 6.73. The summed E-state index contributed by atoms with van der Waals surface area (Å²) in [4.78, 5) is 36.7. The minimum atomic E-state index is -0.967. The highest BCUT2D eigenvalue weighted by molar-refractivity contribution is 5.98. The highest BCUT2D eigenvalue weighted by Crippen LogP contribution is 2.27. The number of halogens is 2. The number of imide groups is 1. The van der Waals surface area contributed by atoms with E-state index < -0.39 is 23.7 Å². The molecule has 0 aliphatic carbocycles. The van der Waals surface area contributed by atoms with Gasteiger partial charge in [-0.05, 0) is 23.8 Å². The van der Waals surface area contributed by atoms with Crippen molar-refractivity contribution in [2.45, 2.75) is 12.6 Å². The number of carbonyl (C=O) groups is 3. The third-order valence-electron chi connectivity index (χ3n) is 4.69. The third-order valence-corrected chi connectivity index (χ3v) is 4.69. The average molecular weight is 443 g/mol. The molecule has 2 aromatic carbocycles. The molecule has 166 valence electrons. The highest BCUT2D eigenvalue weighted by Gasteiger charge is 2.29. The number of fused-ring (bicyclic) bond motifs is 1. The second-order valence-electron chi connectivity index (χ2n) is 6.73. The number of rotatable bonds is 6. The molecular formula is C22H19F2N3O5. The van der Waals surface area contributed by atoms with Crippen LogP contribution < -0.4 is 20.1 Å². The number of nitrogens with zero attached hydrogens (tertiary/aromatic N) is 1. The van der Waals surface area contributed by atoms with Gasteiger partial charge in [0, 0.05) is 18.2 Å². The van der Waals surface area contributed by atoms with E-state index in [4.69, 9.17) is 9.47 Å². The summed E-state index contributed by atoms with van der Waals surface area (Å²) in [5, 5.41) is 4.37. The lowest BCUT2D eigenvalue weighted by Crippen LogP contribution is -2.46. The summed E-state index contributed by atoms with van der Waals surface area (Å²) in [6.45, 7) is 0.223. The predicted octanol–water partition coefficient (Wildman–Crippen LogP) is 1.81. The van der Waals surface area contributed by atoms with Crippen LogP contribution in [0.1, 0.15) is 21.5 Å². The molecule has 0 fully saturated rings. The number of methoxy groups -OCH3 is 2. The van der Waals surface area contributed by atoms with Crippen molar-refractivity contribution in [3.63, 3.8) is 0 Å². The normalized spacial score (nSPS) is 12.9. The van der Waals surface area contributed by atoms with E-state index >= 15 is 0 Å². The van der Waals surface area contributed by atoms with Gasteiger partial charge in [0.1, 0.15) is 17.6 Å². The SMILES string of the molecule is COc1ccc2c(c1)C(=O)N(C[C@@H](C#Cc1cc(F)cc(F)c1OC)NC(=O)NC=O)C2. The molecule has 3 rings (SSSR count). The molecule has 0 spiro atoms. The Hall–Kier alpha value is -4.13. The van der Waals surface area contributed by atoms with E-state index in [-0.39, 0.29) is 36.7 Å². The van der Waals surface area contributed by atoms with Gasteiger partial charge in [-0.25, -0.2) is 13.6 Å². The van der Waals surface area contributed by atoms with E-state index in [0.29, 0.717) is 17.4 Å². The lowest BCUT2D eigenvalue weighted by molar-refractivity contribution is -0.108. The number of carbonyl (C=O) groups excluding carboxylic acids is 3. The maximum Gasteiger partial charge on any atom is 0.322 e. The molecule has 1 heterocycles. The fraction of sp³-hybridized carbons (Fsp3) is 0.227. The lowest BCUT2D eigenvalue weighted by atomic mass is 10.1. The minimum Gasteiger partial charge on any atom is -0.497 e. The van der Waals surface area contributed by atoms with Gasteiger partial charge in [-0.3, -0.25) is 14.9 Å². The molecule has 0 bridgehead atoms. The summed E-state index contributed by atoms with van der Waals surface area (Å²) in [6, 6.07) is 4.94. The number of amides is 4. The summed E-state index contributed by atoms with van der Waals surface area (Å²) in [7, 11) is 2.70. The van der Waals surface area contributed by atoms with Gasteiger partial charge in [0.2, 0.25) is 6.41 Å². The van der Waals surface area contributed by atoms with E-state index in [1.54, 1.807) is 18.2 Å². The number of hydrogen-bond donors (Lipinski definition) is 2. The maximum atomic E-state index is 13.9. The van der Waals surface area contributed by atoms with Crippen LogP contribution in [0.2, 0.25) is 0 Å². The fourth-order valence-corrected chi connectivity index (χ4v) is 3.24. The van der Waals surface area contributed by atoms with E-state index in [1.807, 2.05) is 5.32 Å². The van der Waals surface area contributed by atoms with Crippen LogP contribution in [0.15, 0.2) is 30.3 Å². The molecule has 0 radical (unpaired) electrons. The van der Waals surface area contributed by atoms with E-state index in [9.17, 15) is 23.2 Å². The maximum absolute atomic E-state index is 13.9. The Kier molecular flexibility index (Phi) is 6.90. The van der Waals surface area contributed by atoms with Gasteiger partial charge in [0.05, 0.1) is 26.3 Å². The van der Waals surface area contributed by atoms with Gasteiger partial charge < -0.3 is 19.7 Å².